The summed E-state index contributed by atoms with van der Waals surface area (Å²) in [5.74, 6) is 0.224. The van der Waals surface area contributed by atoms with Gasteiger partial charge in [0.15, 0.2) is 0 Å². The van der Waals surface area contributed by atoms with Gasteiger partial charge in [0.2, 0.25) is 0 Å². The molecule has 4 aliphatic carbocycles. The van der Waals surface area contributed by atoms with Crippen molar-refractivity contribution in [2.24, 2.45) is 28.6 Å². The molecule has 6 rings (SSSR count). The lowest BCUT2D eigenvalue weighted by Crippen LogP contribution is -2.62. The minimum atomic E-state index is -1.01. The molecule has 1 amide bonds. The summed E-state index contributed by atoms with van der Waals surface area (Å²) >= 11 is 0. The highest BCUT2D eigenvalue weighted by Gasteiger charge is 2.70. The number of nitrogens with zero attached hydrogens (tertiary/aromatic N) is 2. The maximum absolute atomic E-state index is 12.7. The Morgan fingerprint density at radius 2 is 1.82 bits per heavy atom. The van der Waals surface area contributed by atoms with E-state index in [9.17, 15) is 19.5 Å². The standard InChI is InChI=1S/C34H51N3O7/c1-22(38)43-28-20-34(41)27-7-6-24-19-25(44-31(40)35-13-14-37-17-15-36(4)16-18-37)9-11-32(24,2)26(27)10-12-33(34,3)30(28)23-5-8-29(39)42-21-23/h5,8,21,24-28,30,41H,6-7,9-20H2,1-4H3,(H,35,40)/t24-,25+,26+,27-,28+,30+,32+,33-,34+/m1/s1. The van der Waals surface area contributed by atoms with Gasteiger partial charge in [0.1, 0.15) is 12.2 Å². The third kappa shape index (κ3) is 5.60. The number of amides is 1. The zero-order valence-electron chi connectivity index (χ0n) is 26.9. The molecule has 2 N–H and O–H groups in total. The van der Waals surface area contributed by atoms with Gasteiger partial charge in [-0.15, -0.1) is 0 Å². The van der Waals surface area contributed by atoms with Crippen LogP contribution in [-0.4, -0.2) is 91.1 Å². The van der Waals surface area contributed by atoms with E-state index in [4.69, 9.17) is 13.9 Å². The van der Waals surface area contributed by atoms with Crippen molar-refractivity contribution >= 4 is 12.1 Å². The van der Waals surface area contributed by atoms with Crippen molar-refractivity contribution in [3.8, 4) is 0 Å². The molecule has 10 nitrogen and oxygen atoms in total. The van der Waals surface area contributed by atoms with E-state index in [2.05, 4.69) is 36.0 Å². The highest BCUT2D eigenvalue weighted by atomic mass is 16.6. The monoisotopic (exact) mass is 613 g/mol. The van der Waals surface area contributed by atoms with E-state index in [-0.39, 0.29) is 35.4 Å². The summed E-state index contributed by atoms with van der Waals surface area (Å²) in [6.45, 7) is 11.6. The number of hydrogen-bond acceptors (Lipinski definition) is 9. The van der Waals surface area contributed by atoms with Crippen LogP contribution in [0.3, 0.4) is 0 Å². The first-order valence-corrected chi connectivity index (χ1v) is 16.8. The normalized spacial score (nSPS) is 40.8. The molecule has 2 heterocycles. The Bertz CT molecular complexity index is 1260. The molecule has 1 saturated heterocycles. The van der Waals surface area contributed by atoms with Crippen LogP contribution < -0.4 is 10.9 Å². The SMILES string of the molecule is CC(=O)O[C@H]1C[C@]2(O)[C@@H]3CC[C@@H]4C[C@@H](OC(=O)NCCN5CCN(C)CC5)CC[C@]4(C)[C@H]3CC[C@]2(C)[C@H]1c1ccc(=O)oc1. The largest absolute Gasteiger partial charge is 0.462 e. The fourth-order valence-electron chi connectivity index (χ4n) is 10.3. The van der Waals surface area contributed by atoms with Crippen molar-refractivity contribution in [2.75, 3.05) is 46.3 Å². The fraction of sp³-hybridized carbons (Fsp3) is 0.794. The molecule has 0 aromatic carbocycles. The molecule has 244 valence electrons. The Morgan fingerprint density at radius 1 is 1.05 bits per heavy atom. The first-order valence-electron chi connectivity index (χ1n) is 16.8. The molecule has 0 unspecified atom stereocenters. The van der Waals surface area contributed by atoms with E-state index in [1.165, 1.54) is 19.3 Å². The maximum atomic E-state index is 12.7. The number of ether oxygens (including phenoxy) is 2. The molecule has 5 aliphatic rings. The van der Waals surface area contributed by atoms with Crippen LogP contribution in [0, 0.1) is 28.6 Å². The molecule has 9 atom stereocenters. The van der Waals surface area contributed by atoms with E-state index in [1.54, 1.807) is 6.07 Å². The van der Waals surface area contributed by atoms with Gasteiger partial charge < -0.3 is 29.2 Å². The molecule has 44 heavy (non-hydrogen) atoms. The first-order chi connectivity index (χ1) is 20.9. The lowest BCUT2D eigenvalue weighted by Gasteiger charge is -2.63. The van der Waals surface area contributed by atoms with Crippen LogP contribution in [-0.2, 0) is 14.3 Å². The van der Waals surface area contributed by atoms with E-state index >= 15 is 0 Å². The summed E-state index contributed by atoms with van der Waals surface area (Å²) in [5.41, 5.74) is -1.12. The number of alkyl carbamates (subject to hydrolysis) is 1. The van der Waals surface area contributed by atoms with E-state index in [0.29, 0.717) is 24.8 Å². The Labute approximate surface area is 260 Å². The summed E-state index contributed by atoms with van der Waals surface area (Å²) < 4.78 is 17.1. The predicted octanol–water partition coefficient (Wildman–Crippen LogP) is 3.76. The first kappa shape index (κ1) is 31.5. The van der Waals surface area contributed by atoms with Gasteiger partial charge >= 0.3 is 17.7 Å². The Hall–Kier alpha value is -2.43. The quantitative estimate of drug-likeness (QED) is 0.462. The predicted molar refractivity (Wildman–Crippen MR) is 164 cm³/mol. The van der Waals surface area contributed by atoms with E-state index in [1.807, 2.05) is 0 Å². The number of nitrogens with one attached hydrogen (secondary N) is 1. The maximum Gasteiger partial charge on any atom is 0.407 e. The molecule has 0 bridgehead atoms. The smallest absolute Gasteiger partial charge is 0.407 e. The minimum Gasteiger partial charge on any atom is -0.462 e. The summed E-state index contributed by atoms with van der Waals surface area (Å²) in [4.78, 5) is 41.3. The second-order valence-corrected chi connectivity index (χ2v) is 15.0. The van der Waals surface area contributed by atoms with E-state index in [0.717, 1.165) is 83.2 Å². The third-order valence-corrected chi connectivity index (χ3v) is 12.8. The molecular weight excluding hydrogens is 562 g/mol. The second-order valence-electron chi connectivity index (χ2n) is 15.0. The molecule has 4 saturated carbocycles. The molecule has 5 fully saturated rings. The van der Waals surface area contributed by atoms with Gasteiger partial charge in [-0.1, -0.05) is 13.8 Å². The zero-order chi connectivity index (χ0) is 31.3. The highest BCUT2D eigenvalue weighted by Crippen LogP contribution is 2.71. The van der Waals surface area contributed by atoms with Crippen LogP contribution in [0.2, 0.25) is 0 Å². The molecule has 1 aromatic heterocycles. The summed E-state index contributed by atoms with van der Waals surface area (Å²) in [7, 11) is 2.14. The number of rotatable bonds is 6. The number of aliphatic hydroxyl groups is 1. The van der Waals surface area contributed by atoms with Gasteiger partial charge in [-0.3, -0.25) is 9.69 Å². The topological polar surface area (TPSA) is 122 Å². The third-order valence-electron chi connectivity index (χ3n) is 12.8. The molecule has 1 aliphatic heterocycles. The van der Waals surface area contributed by atoms with Gasteiger partial charge in [0.25, 0.3) is 0 Å². The number of fused-ring (bicyclic) bond motifs is 5. The van der Waals surface area contributed by atoms with Crippen molar-refractivity contribution in [1.29, 1.82) is 0 Å². The number of likely N-dealkylation sites (N-methyl/N-ethyl adjacent to an activating group) is 1. The molecule has 10 heteroatoms. The second kappa shape index (κ2) is 12.1. The number of carbonyl (C=O) groups excluding carboxylic acids is 2. The van der Waals surface area contributed by atoms with Crippen LogP contribution >= 0.6 is 0 Å². The Morgan fingerprint density at radius 3 is 2.52 bits per heavy atom. The molecule has 1 aromatic rings. The van der Waals surface area contributed by atoms with Crippen molar-refractivity contribution < 1.29 is 28.6 Å². The zero-order valence-corrected chi connectivity index (χ0v) is 26.9. The summed E-state index contributed by atoms with van der Waals surface area (Å²) in [6.07, 6.45) is 7.29. The van der Waals surface area contributed by atoms with Crippen LogP contribution in [0.15, 0.2) is 27.6 Å². The van der Waals surface area contributed by atoms with Crippen LogP contribution in [0.5, 0.6) is 0 Å². The molecule has 0 spiro atoms. The van der Waals surface area contributed by atoms with Gasteiger partial charge in [0.05, 0.1) is 11.9 Å². The number of hydrogen-bond donors (Lipinski definition) is 2. The van der Waals surface area contributed by atoms with Crippen LogP contribution in [0.25, 0.3) is 0 Å². The lowest BCUT2D eigenvalue weighted by atomic mass is 9.43. The Kier molecular flexibility index (Phi) is 8.65. The number of piperazine rings is 1. The lowest BCUT2D eigenvalue weighted by molar-refractivity contribution is -0.205. The highest BCUT2D eigenvalue weighted by molar-refractivity contribution is 5.67. The van der Waals surface area contributed by atoms with Gasteiger partial charge in [0, 0.05) is 70.0 Å². The summed E-state index contributed by atoms with van der Waals surface area (Å²) in [5, 5.41) is 15.7. The average Bonchev–Trinajstić information content (AvgIpc) is 3.20. The van der Waals surface area contributed by atoms with Crippen LogP contribution in [0.4, 0.5) is 4.79 Å². The van der Waals surface area contributed by atoms with Crippen molar-refractivity contribution in [3.63, 3.8) is 0 Å². The number of esters is 1. The fourth-order valence-corrected chi connectivity index (χ4v) is 10.3. The molecular formula is C34H51N3O7. The average molecular weight is 614 g/mol. The van der Waals surface area contributed by atoms with Gasteiger partial charge in [-0.25, -0.2) is 9.59 Å². The Balaban J connectivity index is 1.11. The van der Waals surface area contributed by atoms with Gasteiger partial charge in [-0.2, -0.15) is 0 Å². The number of carbonyl (C=O) groups is 2. The van der Waals surface area contributed by atoms with Gasteiger partial charge in [-0.05, 0) is 86.8 Å². The van der Waals surface area contributed by atoms with Crippen LogP contribution in [0.1, 0.15) is 83.6 Å². The molecule has 0 radical (unpaired) electrons. The van der Waals surface area contributed by atoms with E-state index < -0.39 is 22.7 Å². The van der Waals surface area contributed by atoms with Crippen molar-refractivity contribution in [3.05, 3.63) is 34.4 Å². The van der Waals surface area contributed by atoms with Crippen molar-refractivity contribution in [2.45, 2.75) is 95.9 Å². The minimum absolute atomic E-state index is 0.0479. The summed E-state index contributed by atoms with van der Waals surface area (Å²) in [6, 6.07) is 3.17. The van der Waals surface area contributed by atoms with Crippen molar-refractivity contribution in [1.82, 2.24) is 15.1 Å².